The van der Waals surface area contributed by atoms with Gasteiger partial charge in [-0.05, 0) is 49.9 Å². The van der Waals surface area contributed by atoms with Gasteiger partial charge in [0.1, 0.15) is 0 Å². The highest BCUT2D eigenvalue weighted by atomic mass is 16.5. The largest absolute Gasteiger partial charge is 0.390 e. The molecule has 0 radical (unpaired) electrons. The van der Waals surface area contributed by atoms with E-state index < -0.39 is 5.60 Å². The monoisotopic (exact) mass is 321 g/mol. The average Bonchev–Trinajstić information content (AvgIpc) is 2.42. The van der Waals surface area contributed by atoms with Crippen molar-refractivity contribution in [1.29, 1.82) is 0 Å². The molecule has 4 unspecified atom stereocenters. The van der Waals surface area contributed by atoms with Crippen molar-refractivity contribution in [2.45, 2.75) is 64.4 Å². The molecule has 1 aliphatic heterocycles. The van der Waals surface area contributed by atoms with Crippen molar-refractivity contribution in [1.82, 2.24) is 4.90 Å². The van der Waals surface area contributed by atoms with Crippen molar-refractivity contribution in [2.75, 3.05) is 26.8 Å². The number of rotatable bonds is 4. The number of amides is 1. The van der Waals surface area contributed by atoms with Crippen LogP contribution in [0, 0.1) is 22.2 Å². The molecule has 0 aromatic heterocycles. The molecule has 5 aliphatic rings. The van der Waals surface area contributed by atoms with Crippen LogP contribution in [-0.2, 0) is 9.53 Å². The fourth-order valence-corrected chi connectivity index (χ4v) is 6.81. The van der Waals surface area contributed by atoms with Gasteiger partial charge in [0.2, 0.25) is 5.91 Å². The van der Waals surface area contributed by atoms with Gasteiger partial charge in [0, 0.05) is 19.0 Å². The van der Waals surface area contributed by atoms with E-state index >= 15 is 0 Å². The van der Waals surface area contributed by atoms with Crippen molar-refractivity contribution in [3.63, 3.8) is 0 Å². The molecule has 1 amide bonds. The van der Waals surface area contributed by atoms with E-state index in [-0.39, 0.29) is 22.2 Å². The summed E-state index contributed by atoms with van der Waals surface area (Å²) in [7, 11) is 1.95. The van der Waals surface area contributed by atoms with Crippen LogP contribution in [0.1, 0.15) is 58.8 Å². The second-order valence-corrected chi connectivity index (χ2v) is 9.83. The van der Waals surface area contributed by atoms with Crippen LogP contribution in [0.5, 0.6) is 0 Å². The van der Waals surface area contributed by atoms with Gasteiger partial charge in [0.15, 0.2) is 0 Å². The zero-order chi connectivity index (χ0) is 16.5. The highest BCUT2D eigenvalue weighted by molar-refractivity contribution is 5.83. The van der Waals surface area contributed by atoms with E-state index in [1.54, 1.807) is 0 Å². The fourth-order valence-electron chi connectivity index (χ4n) is 6.81. The minimum Gasteiger partial charge on any atom is -0.390 e. The third-order valence-corrected chi connectivity index (χ3v) is 7.22. The Morgan fingerprint density at radius 3 is 2.52 bits per heavy atom. The summed E-state index contributed by atoms with van der Waals surface area (Å²) in [6.45, 7) is 6.72. The summed E-state index contributed by atoms with van der Waals surface area (Å²) in [5.41, 5.74) is -0.574. The molecule has 4 saturated carbocycles. The maximum Gasteiger partial charge on any atom is 0.228 e. The molecule has 23 heavy (non-hydrogen) atoms. The van der Waals surface area contributed by atoms with E-state index in [0.717, 1.165) is 51.9 Å². The molecule has 4 heteroatoms. The third-order valence-electron chi connectivity index (χ3n) is 7.22. The van der Waals surface area contributed by atoms with Gasteiger partial charge in [-0.3, -0.25) is 4.79 Å². The Hall–Kier alpha value is -0.610. The van der Waals surface area contributed by atoms with Gasteiger partial charge in [-0.25, -0.2) is 0 Å². The summed E-state index contributed by atoms with van der Waals surface area (Å²) in [4.78, 5) is 15.3. The molecular formula is C19H31NO3. The van der Waals surface area contributed by atoms with Crippen LogP contribution >= 0.6 is 0 Å². The van der Waals surface area contributed by atoms with Crippen LogP contribution in [0.4, 0.5) is 0 Å². The smallest absolute Gasteiger partial charge is 0.228 e. The normalized spacial score (nSPS) is 46.5. The Morgan fingerprint density at radius 2 is 1.96 bits per heavy atom. The minimum atomic E-state index is -0.588. The lowest BCUT2D eigenvalue weighted by Gasteiger charge is -2.64. The number of ether oxygens (including phenoxy) is 1. The summed E-state index contributed by atoms with van der Waals surface area (Å²) < 4.78 is 5.34. The molecule has 4 bridgehead atoms. The van der Waals surface area contributed by atoms with E-state index in [1.165, 1.54) is 6.42 Å². The molecule has 0 aromatic carbocycles. The van der Waals surface area contributed by atoms with Crippen LogP contribution in [0.3, 0.4) is 0 Å². The van der Waals surface area contributed by atoms with Crippen molar-refractivity contribution < 1.29 is 14.6 Å². The maximum absolute atomic E-state index is 13.4. The Balaban J connectivity index is 1.58. The van der Waals surface area contributed by atoms with Crippen LogP contribution < -0.4 is 0 Å². The molecule has 0 aromatic rings. The molecule has 1 N–H and O–H groups in total. The number of carbonyl (C=O) groups is 1. The van der Waals surface area contributed by atoms with Crippen molar-refractivity contribution in [2.24, 2.45) is 22.2 Å². The van der Waals surface area contributed by atoms with Gasteiger partial charge in [0.25, 0.3) is 0 Å². The summed E-state index contributed by atoms with van der Waals surface area (Å²) in [6.07, 6.45) is 6.82. The lowest BCUT2D eigenvalue weighted by molar-refractivity contribution is -0.211. The molecule has 5 rings (SSSR count). The first-order valence-electron chi connectivity index (χ1n) is 9.27. The molecule has 4 nitrogen and oxygen atoms in total. The van der Waals surface area contributed by atoms with Gasteiger partial charge in [0.05, 0.1) is 24.2 Å². The first kappa shape index (κ1) is 15.9. The standard InChI is InChI=1S/C19H31NO3/c1-4-17-5-14-6-18(8-17,10-19(22,7-14)9-17)15(21)20(3)11-16(2)12-23-13-16/h14,22H,4-13H2,1-3H3. The van der Waals surface area contributed by atoms with Gasteiger partial charge in [-0.15, -0.1) is 0 Å². The van der Waals surface area contributed by atoms with Crippen molar-refractivity contribution >= 4 is 5.91 Å². The number of nitrogens with zero attached hydrogens (tertiary/aromatic N) is 1. The van der Waals surface area contributed by atoms with E-state index in [1.807, 2.05) is 11.9 Å². The molecule has 1 saturated heterocycles. The second kappa shape index (κ2) is 4.72. The summed E-state index contributed by atoms with van der Waals surface area (Å²) in [5.74, 6) is 0.821. The Labute approximate surface area is 139 Å². The second-order valence-electron chi connectivity index (χ2n) is 9.83. The van der Waals surface area contributed by atoms with Gasteiger partial charge in [-0.2, -0.15) is 0 Å². The van der Waals surface area contributed by atoms with Crippen LogP contribution in [-0.4, -0.2) is 48.3 Å². The molecule has 5 fully saturated rings. The van der Waals surface area contributed by atoms with Crippen molar-refractivity contribution in [3.05, 3.63) is 0 Å². The number of carbonyl (C=O) groups excluding carboxylic acids is 1. The molecule has 4 atom stereocenters. The first-order valence-corrected chi connectivity index (χ1v) is 9.27. The Bertz CT molecular complexity index is 531. The fraction of sp³-hybridized carbons (Fsp3) is 0.947. The Kier molecular flexibility index (Phi) is 3.26. The van der Waals surface area contributed by atoms with Gasteiger partial charge in [-0.1, -0.05) is 20.3 Å². The summed E-state index contributed by atoms with van der Waals surface area (Å²) >= 11 is 0. The van der Waals surface area contributed by atoms with Crippen LogP contribution in [0.25, 0.3) is 0 Å². The Morgan fingerprint density at radius 1 is 1.22 bits per heavy atom. The summed E-state index contributed by atoms with van der Waals surface area (Å²) in [6, 6.07) is 0. The predicted octanol–water partition coefficient (Wildman–Crippen LogP) is 2.59. The zero-order valence-corrected chi connectivity index (χ0v) is 14.9. The van der Waals surface area contributed by atoms with Gasteiger partial charge >= 0.3 is 0 Å². The van der Waals surface area contributed by atoms with Crippen LogP contribution in [0.15, 0.2) is 0 Å². The van der Waals surface area contributed by atoms with Crippen LogP contribution in [0.2, 0.25) is 0 Å². The van der Waals surface area contributed by atoms with E-state index in [0.29, 0.717) is 12.3 Å². The maximum atomic E-state index is 13.4. The highest BCUT2D eigenvalue weighted by Gasteiger charge is 2.65. The quantitative estimate of drug-likeness (QED) is 0.866. The van der Waals surface area contributed by atoms with E-state index in [4.69, 9.17) is 4.74 Å². The molecular weight excluding hydrogens is 290 g/mol. The third kappa shape index (κ3) is 2.36. The van der Waals surface area contributed by atoms with E-state index in [2.05, 4.69) is 13.8 Å². The number of hydrogen-bond donors (Lipinski definition) is 1. The van der Waals surface area contributed by atoms with Gasteiger partial charge < -0.3 is 14.7 Å². The summed E-state index contributed by atoms with van der Waals surface area (Å²) in [5, 5.41) is 11.1. The number of hydrogen-bond acceptors (Lipinski definition) is 3. The lowest BCUT2D eigenvalue weighted by atomic mass is 9.42. The average molecular weight is 321 g/mol. The number of aliphatic hydroxyl groups is 1. The first-order chi connectivity index (χ1) is 10.7. The highest BCUT2D eigenvalue weighted by Crippen LogP contribution is 2.68. The van der Waals surface area contributed by atoms with Crippen molar-refractivity contribution in [3.8, 4) is 0 Å². The topological polar surface area (TPSA) is 49.8 Å². The molecule has 1 heterocycles. The molecule has 130 valence electrons. The zero-order valence-electron chi connectivity index (χ0n) is 14.9. The lowest BCUT2D eigenvalue weighted by Crippen LogP contribution is -2.64. The minimum absolute atomic E-state index is 0.117. The predicted molar refractivity (Wildman–Crippen MR) is 87.9 cm³/mol. The molecule has 0 spiro atoms. The van der Waals surface area contributed by atoms with E-state index in [9.17, 15) is 9.90 Å². The molecule has 4 aliphatic carbocycles. The SMILES string of the molecule is CCC12CC3CC(O)(C1)CC(C(=O)N(C)CC1(C)COC1)(C3)C2.